The first-order chi connectivity index (χ1) is 31.5. The van der Waals surface area contributed by atoms with Gasteiger partial charge >= 0.3 is 0 Å². The van der Waals surface area contributed by atoms with Gasteiger partial charge in [-0.1, -0.05) is 189 Å². The van der Waals surface area contributed by atoms with E-state index in [1.165, 1.54) is 54.5 Å². The molecule has 2 heterocycles. The molecule has 11 rings (SSSR count). The zero-order chi connectivity index (χ0) is 44.5. The third-order valence-electron chi connectivity index (χ3n) is 13.2. The minimum absolute atomic E-state index is 0.900. The molecule has 0 bridgehead atoms. The van der Waals surface area contributed by atoms with Crippen LogP contribution in [0.3, 0.4) is 0 Å². The van der Waals surface area contributed by atoms with Gasteiger partial charge in [0, 0.05) is 38.6 Å². The fourth-order valence-corrected chi connectivity index (χ4v) is 11.8. The average molecular weight is 873 g/mol. The predicted molar refractivity (Wildman–Crippen MR) is 285 cm³/mol. The molecule has 0 atom stereocenters. The molecule has 3 nitrogen and oxygen atoms in total. The molecule has 0 saturated heterocycles. The largest absolute Gasteiger partial charge is 0.454 e. The summed E-state index contributed by atoms with van der Waals surface area (Å²) < 4.78 is 8.91. The molecule has 11 aromatic rings. The second-order valence-corrected chi connectivity index (χ2v) is 29.6. The van der Waals surface area contributed by atoms with Crippen molar-refractivity contribution in [1.82, 2.24) is 4.57 Å². The van der Waals surface area contributed by atoms with Gasteiger partial charge in [-0.2, -0.15) is 0 Å². The Balaban J connectivity index is 0.962. The minimum Gasteiger partial charge on any atom is -0.454 e. The van der Waals surface area contributed by atoms with Gasteiger partial charge < -0.3 is 13.9 Å². The van der Waals surface area contributed by atoms with Crippen LogP contribution in [0.1, 0.15) is 0 Å². The summed E-state index contributed by atoms with van der Waals surface area (Å²) in [5, 5.41) is 7.64. The molecule has 0 amide bonds. The molecule has 0 aliphatic rings. The number of anilines is 3. The van der Waals surface area contributed by atoms with Crippen molar-refractivity contribution in [2.45, 2.75) is 39.3 Å². The summed E-state index contributed by atoms with van der Waals surface area (Å²) in [7, 11) is -2.75. The number of fused-ring (bicyclic) bond motifs is 6. The summed E-state index contributed by atoms with van der Waals surface area (Å²) in [5.74, 6) is 0. The van der Waals surface area contributed by atoms with E-state index in [1.54, 1.807) is 0 Å². The van der Waals surface area contributed by atoms with E-state index in [-0.39, 0.29) is 0 Å². The van der Waals surface area contributed by atoms with Crippen molar-refractivity contribution in [3.63, 3.8) is 0 Å². The number of rotatable bonds is 9. The monoisotopic (exact) mass is 872 g/mol. The van der Waals surface area contributed by atoms with Gasteiger partial charge in [0.2, 0.25) is 0 Å². The summed E-state index contributed by atoms with van der Waals surface area (Å²) >= 11 is 0. The molecule has 2 aromatic heterocycles. The fraction of sp³-hybridized carbons (Fsp3) is 0.100. The highest BCUT2D eigenvalue weighted by molar-refractivity contribution is 6.89. The smallest absolute Gasteiger partial charge is 0.159 e. The Morgan fingerprint density at radius 2 is 0.769 bits per heavy atom. The van der Waals surface area contributed by atoms with Gasteiger partial charge in [-0.15, -0.1) is 0 Å². The maximum absolute atomic E-state index is 6.55. The molecular weight excluding hydrogens is 821 g/mol. The van der Waals surface area contributed by atoms with Crippen LogP contribution in [0.15, 0.2) is 211 Å². The molecule has 0 spiro atoms. The standard InChI is InChI=1S/C60H52N2OSi2/c1-64(2,3)50-35-24-43(25-36-50)41-18-29-47(30-19-41)61(48-31-20-42(21-32-48)44-26-37-51(38-27-44)65(4,5)6)49-33-22-45(23-34-49)46-28-39-57-55(40-46)52-12-7-9-15-56(52)62(57)58-16-11-14-54-53-13-8-10-17-59(53)63-60(54)58/h7-40H,1-6H3. The Bertz CT molecular complexity index is 3410. The van der Waals surface area contributed by atoms with Gasteiger partial charge in [0.25, 0.3) is 0 Å². The van der Waals surface area contributed by atoms with E-state index in [2.05, 4.69) is 249 Å². The number of furan rings is 1. The number of para-hydroxylation sites is 3. The second kappa shape index (κ2) is 15.8. The molecule has 0 aliphatic carbocycles. The quantitative estimate of drug-likeness (QED) is 0.135. The molecular formula is C60H52N2OSi2. The maximum atomic E-state index is 6.55. The van der Waals surface area contributed by atoms with Crippen molar-refractivity contribution < 1.29 is 4.42 Å². The lowest BCUT2D eigenvalue weighted by atomic mass is 10.0. The van der Waals surface area contributed by atoms with E-state index in [4.69, 9.17) is 4.42 Å². The highest BCUT2D eigenvalue weighted by Gasteiger charge is 2.20. The highest BCUT2D eigenvalue weighted by atomic mass is 28.3. The van der Waals surface area contributed by atoms with Crippen LogP contribution >= 0.6 is 0 Å². The third-order valence-corrected chi connectivity index (χ3v) is 17.3. The normalized spacial score (nSPS) is 12.2. The van der Waals surface area contributed by atoms with E-state index in [0.29, 0.717) is 0 Å². The first-order valence-corrected chi connectivity index (χ1v) is 29.7. The number of hydrogen-bond donors (Lipinski definition) is 0. The number of aromatic nitrogens is 1. The number of hydrogen-bond acceptors (Lipinski definition) is 2. The summed E-state index contributed by atoms with van der Waals surface area (Å²) in [4.78, 5) is 2.37. The lowest BCUT2D eigenvalue weighted by molar-refractivity contribution is 0.666. The van der Waals surface area contributed by atoms with Crippen LogP contribution in [0, 0.1) is 0 Å². The van der Waals surface area contributed by atoms with E-state index >= 15 is 0 Å². The average Bonchev–Trinajstić information content (AvgIpc) is 3.88. The van der Waals surface area contributed by atoms with Gasteiger partial charge in [0.15, 0.2) is 5.58 Å². The van der Waals surface area contributed by atoms with E-state index < -0.39 is 16.1 Å². The van der Waals surface area contributed by atoms with Crippen LogP contribution in [0.5, 0.6) is 0 Å². The van der Waals surface area contributed by atoms with E-state index in [1.807, 2.05) is 6.07 Å². The minimum atomic E-state index is -1.38. The second-order valence-electron chi connectivity index (χ2n) is 19.5. The van der Waals surface area contributed by atoms with Gasteiger partial charge in [-0.25, -0.2) is 0 Å². The Morgan fingerprint density at radius 3 is 1.29 bits per heavy atom. The maximum Gasteiger partial charge on any atom is 0.159 e. The van der Waals surface area contributed by atoms with E-state index in [0.717, 1.165) is 55.7 Å². The van der Waals surface area contributed by atoms with Crippen LogP contribution < -0.4 is 15.3 Å². The van der Waals surface area contributed by atoms with Gasteiger partial charge in [-0.05, 0) is 100 Å². The topological polar surface area (TPSA) is 21.3 Å². The van der Waals surface area contributed by atoms with Crippen LogP contribution in [0.2, 0.25) is 39.3 Å². The molecule has 0 N–H and O–H groups in total. The van der Waals surface area contributed by atoms with Crippen molar-refractivity contribution in [2.24, 2.45) is 0 Å². The van der Waals surface area contributed by atoms with Gasteiger partial charge in [0.1, 0.15) is 5.58 Å². The molecule has 65 heavy (non-hydrogen) atoms. The Labute approximate surface area is 383 Å². The molecule has 0 unspecified atom stereocenters. The Hall–Kier alpha value is -7.19. The lowest BCUT2D eigenvalue weighted by Gasteiger charge is -2.26. The molecule has 5 heteroatoms. The van der Waals surface area contributed by atoms with Crippen molar-refractivity contribution in [3.8, 4) is 39.1 Å². The van der Waals surface area contributed by atoms with Gasteiger partial charge in [-0.3, -0.25) is 0 Å². The number of nitrogens with zero attached hydrogens (tertiary/aromatic N) is 2. The summed E-state index contributed by atoms with van der Waals surface area (Å²) in [6, 6.07) is 75.9. The molecule has 0 saturated carbocycles. The summed E-state index contributed by atoms with van der Waals surface area (Å²) in [6.07, 6.45) is 0. The van der Waals surface area contributed by atoms with Crippen molar-refractivity contribution in [1.29, 1.82) is 0 Å². The van der Waals surface area contributed by atoms with Crippen molar-refractivity contribution in [2.75, 3.05) is 4.90 Å². The molecule has 0 radical (unpaired) electrons. The van der Waals surface area contributed by atoms with Crippen LogP contribution in [0.4, 0.5) is 17.1 Å². The predicted octanol–water partition coefficient (Wildman–Crippen LogP) is 16.2. The Kier molecular flexibility index (Phi) is 9.87. The zero-order valence-electron chi connectivity index (χ0n) is 37.9. The molecule has 9 aromatic carbocycles. The molecule has 0 aliphatic heterocycles. The molecule has 316 valence electrons. The van der Waals surface area contributed by atoms with Gasteiger partial charge in [0.05, 0.1) is 32.9 Å². The number of benzene rings is 9. The molecule has 0 fully saturated rings. The van der Waals surface area contributed by atoms with Crippen LogP contribution in [0.25, 0.3) is 82.8 Å². The van der Waals surface area contributed by atoms with Crippen LogP contribution in [-0.4, -0.2) is 20.7 Å². The van der Waals surface area contributed by atoms with Crippen molar-refractivity contribution >= 4 is 87.3 Å². The van der Waals surface area contributed by atoms with E-state index in [9.17, 15) is 0 Å². The summed E-state index contributed by atoms with van der Waals surface area (Å²) in [6.45, 7) is 14.4. The lowest BCUT2D eigenvalue weighted by Crippen LogP contribution is -2.37. The third kappa shape index (κ3) is 7.41. The van der Waals surface area contributed by atoms with Crippen molar-refractivity contribution in [3.05, 3.63) is 206 Å². The first kappa shape index (κ1) is 40.6. The Morgan fingerprint density at radius 1 is 0.354 bits per heavy atom. The SMILES string of the molecule is C[Si](C)(C)c1ccc(-c2ccc(N(c3ccc(-c4ccc([Si](C)(C)C)cc4)cc3)c3ccc(-c4ccc5c(c4)c4ccccc4n5-c4cccc5c4oc4ccccc45)cc3)cc2)cc1. The first-order valence-electron chi connectivity index (χ1n) is 22.7. The van der Waals surface area contributed by atoms with Crippen LogP contribution in [-0.2, 0) is 0 Å². The summed E-state index contributed by atoms with van der Waals surface area (Å²) in [5.41, 5.74) is 15.7. The fourth-order valence-electron chi connectivity index (χ4n) is 9.50. The zero-order valence-corrected chi connectivity index (χ0v) is 39.9. The highest BCUT2D eigenvalue weighted by Crippen LogP contribution is 2.41.